The Hall–Kier alpha value is -2.70. The third-order valence-electron chi connectivity index (χ3n) is 5.28. The molecule has 4 rings (SSSR count). The van der Waals surface area contributed by atoms with Crippen LogP contribution in [0.3, 0.4) is 0 Å². The highest BCUT2D eigenvalue weighted by Crippen LogP contribution is 2.34. The fourth-order valence-corrected chi connectivity index (χ4v) is 3.76. The van der Waals surface area contributed by atoms with E-state index in [2.05, 4.69) is 39.3 Å². The molecule has 5 nitrogen and oxygen atoms in total. The molecule has 1 saturated carbocycles. The van der Waals surface area contributed by atoms with Crippen molar-refractivity contribution >= 4 is 16.6 Å². The van der Waals surface area contributed by atoms with Crippen molar-refractivity contribution in [1.29, 1.82) is 0 Å². The van der Waals surface area contributed by atoms with E-state index in [0.717, 1.165) is 33.3 Å². The molecule has 0 atom stereocenters. The van der Waals surface area contributed by atoms with Crippen LogP contribution in [0.5, 0.6) is 0 Å². The summed E-state index contributed by atoms with van der Waals surface area (Å²) in [5.74, 6) is -2.53. The van der Waals surface area contributed by atoms with Gasteiger partial charge in [-0.2, -0.15) is 10.2 Å². The van der Waals surface area contributed by atoms with Gasteiger partial charge in [0.2, 0.25) is 5.92 Å². The molecule has 2 aromatic heterocycles. The maximum Gasteiger partial charge on any atom is 0.248 e. The van der Waals surface area contributed by atoms with Crippen LogP contribution < -0.4 is 5.32 Å². The van der Waals surface area contributed by atoms with E-state index in [-0.39, 0.29) is 18.9 Å². The minimum Gasteiger partial charge on any atom is -0.381 e. The average molecular weight is 371 g/mol. The maximum absolute atomic E-state index is 13.4. The van der Waals surface area contributed by atoms with E-state index in [1.807, 2.05) is 26.4 Å². The summed E-state index contributed by atoms with van der Waals surface area (Å²) in [5, 5.41) is 16.0. The maximum atomic E-state index is 13.4. The third-order valence-corrected chi connectivity index (χ3v) is 5.28. The summed E-state index contributed by atoms with van der Waals surface area (Å²) in [7, 11) is 1.89. The van der Waals surface area contributed by atoms with Crippen molar-refractivity contribution in [3.63, 3.8) is 0 Å². The summed E-state index contributed by atoms with van der Waals surface area (Å²) in [6.45, 7) is 6.15. The number of aromatic nitrogens is 4. The largest absolute Gasteiger partial charge is 0.381 e. The van der Waals surface area contributed by atoms with Gasteiger partial charge in [0.05, 0.1) is 23.1 Å². The number of halogens is 2. The first-order valence-corrected chi connectivity index (χ1v) is 9.14. The molecule has 2 heterocycles. The molecular formula is C20H23F2N5. The predicted octanol–water partition coefficient (Wildman–Crippen LogP) is 4.41. The zero-order valence-electron chi connectivity index (χ0n) is 15.5. The minimum absolute atomic E-state index is 0.0121. The Bertz CT molecular complexity index is 991. The molecule has 1 fully saturated rings. The van der Waals surface area contributed by atoms with Crippen LogP contribution in [0.15, 0.2) is 31.1 Å². The van der Waals surface area contributed by atoms with Gasteiger partial charge >= 0.3 is 0 Å². The summed E-state index contributed by atoms with van der Waals surface area (Å²) in [6.07, 6.45) is 4.53. The first-order chi connectivity index (χ1) is 12.8. The third kappa shape index (κ3) is 3.46. The normalized spacial score (nSPS) is 17.3. The van der Waals surface area contributed by atoms with Gasteiger partial charge in [-0.3, -0.25) is 9.78 Å². The molecule has 1 aliphatic carbocycles. The zero-order valence-corrected chi connectivity index (χ0v) is 15.5. The number of hydrogen-bond acceptors (Lipinski definition) is 3. The molecule has 3 aromatic rings. The Kier molecular flexibility index (Phi) is 4.25. The number of benzene rings is 1. The van der Waals surface area contributed by atoms with Crippen molar-refractivity contribution in [2.45, 2.75) is 44.6 Å². The molecule has 0 spiro atoms. The molecule has 142 valence electrons. The van der Waals surface area contributed by atoms with Crippen LogP contribution in [0.2, 0.25) is 0 Å². The molecule has 0 aliphatic heterocycles. The summed E-state index contributed by atoms with van der Waals surface area (Å²) in [6, 6.07) is 4.17. The van der Waals surface area contributed by atoms with Gasteiger partial charge in [0.25, 0.3) is 0 Å². The van der Waals surface area contributed by atoms with E-state index < -0.39 is 5.92 Å². The van der Waals surface area contributed by atoms with Crippen molar-refractivity contribution in [1.82, 2.24) is 25.3 Å². The summed E-state index contributed by atoms with van der Waals surface area (Å²) in [5.41, 5.74) is 5.52. The number of nitrogens with one attached hydrogen (secondary N) is 2. The number of fused-ring (bicyclic) bond motifs is 1. The first-order valence-electron chi connectivity index (χ1n) is 9.14. The molecule has 7 heteroatoms. The highest BCUT2D eigenvalue weighted by atomic mass is 19.3. The summed E-state index contributed by atoms with van der Waals surface area (Å²) >= 11 is 0. The Morgan fingerprint density at radius 3 is 2.70 bits per heavy atom. The lowest BCUT2D eigenvalue weighted by Crippen LogP contribution is -2.36. The monoisotopic (exact) mass is 371 g/mol. The quantitative estimate of drug-likeness (QED) is 0.714. The Morgan fingerprint density at radius 1 is 1.30 bits per heavy atom. The van der Waals surface area contributed by atoms with Gasteiger partial charge in [-0.1, -0.05) is 6.58 Å². The highest BCUT2D eigenvalue weighted by Gasteiger charge is 2.35. The smallest absolute Gasteiger partial charge is 0.248 e. The number of nitrogens with zero attached hydrogens (tertiary/aromatic N) is 3. The van der Waals surface area contributed by atoms with Crippen LogP contribution in [-0.2, 0) is 7.05 Å². The summed E-state index contributed by atoms with van der Waals surface area (Å²) < 4.78 is 28.5. The topological polar surface area (TPSA) is 58.5 Å². The molecule has 0 amide bonds. The van der Waals surface area contributed by atoms with E-state index in [1.165, 1.54) is 0 Å². The van der Waals surface area contributed by atoms with E-state index >= 15 is 0 Å². The second-order valence-electron chi connectivity index (χ2n) is 7.44. The lowest BCUT2D eigenvalue weighted by atomic mass is 9.92. The van der Waals surface area contributed by atoms with Crippen LogP contribution in [-0.4, -0.2) is 31.9 Å². The average Bonchev–Trinajstić information content (AvgIpc) is 3.23. The molecule has 2 N–H and O–H groups in total. The van der Waals surface area contributed by atoms with Gasteiger partial charge in [0.15, 0.2) is 0 Å². The number of aromatic amines is 1. The Balaban J connectivity index is 1.62. The highest BCUT2D eigenvalue weighted by molar-refractivity contribution is 5.94. The number of aryl methyl sites for hydroxylation is 2. The van der Waals surface area contributed by atoms with Crippen molar-refractivity contribution in [2.75, 3.05) is 0 Å². The van der Waals surface area contributed by atoms with E-state index in [0.29, 0.717) is 18.5 Å². The molecule has 1 aromatic carbocycles. The number of alkyl halides is 2. The van der Waals surface area contributed by atoms with Gasteiger partial charge in [0.1, 0.15) is 0 Å². The van der Waals surface area contributed by atoms with E-state index in [4.69, 9.17) is 0 Å². The molecule has 1 aliphatic rings. The molecular weight excluding hydrogens is 348 g/mol. The van der Waals surface area contributed by atoms with E-state index in [9.17, 15) is 8.78 Å². The minimum atomic E-state index is -2.53. The van der Waals surface area contributed by atoms with Crippen molar-refractivity contribution in [3.8, 4) is 11.1 Å². The van der Waals surface area contributed by atoms with Crippen molar-refractivity contribution in [2.24, 2.45) is 7.05 Å². The Labute approximate surface area is 156 Å². The predicted molar refractivity (Wildman–Crippen MR) is 102 cm³/mol. The van der Waals surface area contributed by atoms with Crippen LogP contribution in [0, 0.1) is 6.92 Å². The van der Waals surface area contributed by atoms with Crippen molar-refractivity contribution < 1.29 is 8.78 Å². The fourth-order valence-electron chi connectivity index (χ4n) is 3.76. The summed E-state index contributed by atoms with van der Waals surface area (Å²) in [4.78, 5) is 0. The number of H-pyrrole nitrogens is 1. The molecule has 0 unspecified atom stereocenters. The van der Waals surface area contributed by atoms with Crippen LogP contribution in [0.4, 0.5) is 8.78 Å². The first kappa shape index (κ1) is 17.7. The molecule has 27 heavy (non-hydrogen) atoms. The second kappa shape index (κ2) is 6.48. The SMILES string of the molecule is C=C(NC1CCC(F)(F)CC1)c1[nH]nc2c(C)cc(-c3cnn(C)c3)cc12. The lowest BCUT2D eigenvalue weighted by Gasteiger charge is -2.29. The molecule has 0 saturated heterocycles. The van der Waals surface area contributed by atoms with Gasteiger partial charge in [0, 0.05) is 43.1 Å². The standard InChI is InChI=1S/C20H23F2N5/c1-12-8-14(15-10-23-27(3)11-15)9-17-18(12)25-26-19(17)13(2)24-16-4-6-20(21,22)7-5-16/h8-11,16,24H,2,4-7H2,1,3H3,(H,25,26). The van der Waals surface area contributed by atoms with Crippen molar-refractivity contribution in [3.05, 3.63) is 42.4 Å². The molecule has 0 radical (unpaired) electrons. The number of rotatable bonds is 4. The fraction of sp³-hybridized carbons (Fsp3) is 0.400. The van der Waals surface area contributed by atoms with Crippen LogP contribution >= 0.6 is 0 Å². The molecule has 0 bridgehead atoms. The number of hydrogen-bond donors (Lipinski definition) is 2. The van der Waals surface area contributed by atoms with Gasteiger partial charge in [-0.15, -0.1) is 0 Å². The van der Waals surface area contributed by atoms with E-state index in [1.54, 1.807) is 4.68 Å². The van der Waals surface area contributed by atoms with Gasteiger partial charge < -0.3 is 5.32 Å². The van der Waals surface area contributed by atoms with Crippen LogP contribution in [0.1, 0.15) is 36.9 Å². The zero-order chi connectivity index (χ0) is 19.2. The second-order valence-corrected chi connectivity index (χ2v) is 7.44. The Morgan fingerprint density at radius 2 is 2.04 bits per heavy atom. The van der Waals surface area contributed by atoms with Crippen LogP contribution in [0.25, 0.3) is 27.7 Å². The van der Waals surface area contributed by atoms with Gasteiger partial charge in [-0.05, 0) is 43.0 Å². The van der Waals surface area contributed by atoms with Gasteiger partial charge in [-0.25, -0.2) is 8.78 Å². The lowest BCUT2D eigenvalue weighted by molar-refractivity contribution is -0.0392.